The van der Waals surface area contributed by atoms with Crippen LogP contribution >= 0.6 is 0 Å². The van der Waals surface area contributed by atoms with E-state index in [1.54, 1.807) is 30.3 Å². The van der Waals surface area contributed by atoms with Crippen molar-refractivity contribution >= 4 is 17.8 Å². The van der Waals surface area contributed by atoms with Gasteiger partial charge in [0.25, 0.3) is 0 Å². The van der Waals surface area contributed by atoms with Crippen molar-refractivity contribution in [2.75, 3.05) is 6.79 Å². The maximum atomic E-state index is 12.2. The van der Waals surface area contributed by atoms with E-state index < -0.39 is 17.6 Å². The van der Waals surface area contributed by atoms with Gasteiger partial charge in [-0.1, -0.05) is 42.5 Å². The number of ether oxygens (including phenoxy) is 2. The molecule has 0 fully saturated rings. The van der Waals surface area contributed by atoms with Crippen LogP contribution in [-0.2, 0) is 16.1 Å². The van der Waals surface area contributed by atoms with Crippen LogP contribution in [0, 0.1) is 17.2 Å². The molecule has 0 radical (unpaired) electrons. The van der Waals surface area contributed by atoms with E-state index in [-0.39, 0.29) is 13.3 Å². The van der Waals surface area contributed by atoms with Crippen LogP contribution in [0.25, 0.3) is 6.08 Å². The van der Waals surface area contributed by atoms with Crippen molar-refractivity contribution in [3.8, 4) is 17.6 Å². The highest BCUT2D eigenvalue weighted by Gasteiger charge is 2.24. The summed E-state index contributed by atoms with van der Waals surface area (Å²) in [6.45, 7) is 0.427. The largest absolute Gasteiger partial charge is 0.454 e. The third-order valence-corrected chi connectivity index (χ3v) is 3.82. The molecule has 0 bridgehead atoms. The van der Waals surface area contributed by atoms with Gasteiger partial charge in [0.2, 0.25) is 12.7 Å². The number of nitrogens with zero attached hydrogens (tertiary/aromatic N) is 1. The summed E-state index contributed by atoms with van der Waals surface area (Å²) in [5, 5.41) is 11.8. The topological polar surface area (TPSA) is 88.4 Å². The van der Waals surface area contributed by atoms with Crippen molar-refractivity contribution in [1.82, 2.24) is 5.32 Å². The smallest absolute Gasteiger partial charge is 0.245 e. The maximum absolute atomic E-state index is 12.2. The molecule has 1 atom stereocenters. The van der Waals surface area contributed by atoms with Gasteiger partial charge in [0, 0.05) is 6.54 Å². The molecule has 0 aliphatic carbocycles. The number of carbonyl (C=O) groups excluding carboxylic acids is 2. The minimum Gasteiger partial charge on any atom is -0.454 e. The van der Waals surface area contributed by atoms with Crippen molar-refractivity contribution < 1.29 is 19.1 Å². The van der Waals surface area contributed by atoms with Gasteiger partial charge >= 0.3 is 0 Å². The Morgan fingerprint density at radius 1 is 1.15 bits per heavy atom. The van der Waals surface area contributed by atoms with Crippen molar-refractivity contribution in [2.24, 2.45) is 5.92 Å². The number of nitrogens with one attached hydrogen (secondary N) is 1. The number of rotatable bonds is 6. The number of allylic oxidation sites excluding steroid dienone is 1. The summed E-state index contributed by atoms with van der Waals surface area (Å²) < 4.78 is 10.5. The standard InChI is InChI=1S/C20H16N2O4/c21-11-16(20(24)22-12-15-4-2-1-3-5-15)17(23)8-6-14-7-9-18-19(10-14)26-13-25-18/h1-10,16H,12-13H2,(H,22,24)/b8-6+/t16-/m1/s1. The first-order chi connectivity index (χ1) is 12.7. The molecule has 3 rings (SSSR count). The highest BCUT2D eigenvalue weighted by Crippen LogP contribution is 2.32. The van der Waals surface area contributed by atoms with E-state index in [1.165, 1.54) is 6.08 Å². The highest BCUT2D eigenvalue weighted by atomic mass is 16.7. The molecule has 1 aliphatic heterocycles. The number of carbonyl (C=O) groups is 2. The van der Waals surface area contributed by atoms with Crippen molar-refractivity contribution in [2.45, 2.75) is 6.54 Å². The summed E-state index contributed by atoms with van der Waals surface area (Å²) in [5.41, 5.74) is 1.60. The van der Waals surface area contributed by atoms with Crippen LogP contribution in [0.4, 0.5) is 0 Å². The lowest BCUT2D eigenvalue weighted by atomic mass is 10.0. The number of hydrogen-bond acceptors (Lipinski definition) is 5. The Balaban J connectivity index is 1.61. The zero-order valence-electron chi connectivity index (χ0n) is 13.8. The fourth-order valence-electron chi connectivity index (χ4n) is 2.43. The Morgan fingerprint density at radius 2 is 1.92 bits per heavy atom. The molecule has 0 saturated heterocycles. The molecule has 1 N–H and O–H groups in total. The first-order valence-corrected chi connectivity index (χ1v) is 8.00. The molecule has 2 aromatic rings. The molecule has 1 heterocycles. The summed E-state index contributed by atoms with van der Waals surface area (Å²) in [6.07, 6.45) is 2.77. The summed E-state index contributed by atoms with van der Waals surface area (Å²) in [5.74, 6) is -1.34. The van der Waals surface area contributed by atoms with Crippen LogP contribution in [0.2, 0.25) is 0 Å². The van der Waals surface area contributed by atoms with E-state index in [4.69, 9.17) is 9.47 Å². The van der Waals surface area contributed by atoms with E-state index in [9.17, 15) is 14.9 Å². The minimum absolute atomic E-state index is 0.166. The Labute approximate surface area is 150 Å². The summed E-state index contributed by atoms with van der Waals surface area (Å²) in [7, 11) is 0. The molecule has 0 saturated carbocycles. The van der Waals surface area contributed by atoms with Crippen LogP contribution in [-0.4, -0.2) is 18.5 Å². The number of benzene rings is 2. The Bertz CT molecular complexity index is 884. The van der Waals surface area contributed by atoms with Gasteiger partial charge < -0.3 is 14.8 Å². The quantitative estimate of drug-likeness (QED) is 0.640. The molecule has 0 spiro atoms. The lowest BCUT2D eigenvalue weighted by molar-refractivity contribution is -0.129. The molecule has 0 unspecified atom stereocenters. The molecule has 26 heavy (non-hydrogen) atoms. The third kappa shape index (κ3) is 4.08. The zero-order chi connectivity index (χ0) is 18.4. The van der Waals surface area contributed by atoms with Crippen LogP contribution in [0.5, 0.6) is 11.5 Å². The second kappa shape index (κ2) is 7.99. The second-order valence-corrected chi connectivity index (χ2v) is 5.61. The van der Waals surface area contributed by atoms with Gasteiger partial charge in [0.1, 0.15) is 0 Å². The van der Waals surface area contributed by atoms with E-state index >= 15 is 0 Å². The van der Waals surface area contributed by atoms with E-state index in [2.05, 4.69) is 5.32 Å². The predicted octanol–water partition coefficient (Wildman–Crippen LogP) is 2.45. The zero-order valence-corrected chi connectivity index (χ0v) is 13.8. The fourth-order valence-corrected chi connectivity index (χ4v) is 2.43. The number of amides is 1. The van der Waals surface area contributed by atoms with Gasteiger partial charge in [-0.05, 0) is 29.3 Å². The van der Waals surface area contributed by atoms with Crippen LogP contribution in [0.1, 0.15) is 11.1 Å². The SMILES string of the molecule is N#C[C@H](C(=O)/C=C/c1ccc2c(c1)OCO2)C(=O)NCc1ccccc1. The first kappa shape index (κ1) is 17.2. The molecule has 6 heteroatoms. The molecular formula is C20H16N2O4. The minimum atomic E-state index is -1.39. The monoisotopic (exact) mass is 348 g/mol. The van der Waals surface area contributed by atoms with Crippen LogP contribution in [0.15, 0.2) is 54.6 Å². The molecular weight excluding hydrogens is 332 g/mol. The van der Waals surface area contributed by atoms with Gasteiger partial charge in [0.05, 0.1) is 6.07 Å². The van der Waals surface area contributed by atoms with Gasteiger partial charge in [-0.15, -0.1) is 0 Å². The lowest BCUT2D eigenvalue weighted by Crippen LogP contribution is -2.33. The van der Waals surface area contributed by atoms with Crippen LogP contribution in [0.3, 0.4) is 0 Å². The fraction of sp³-hybridized carbons (Fsp3) is 0.150. The summed E-state index contributed by atoms with van der Waals surface area (Å²) >= 11 is 0. The molecule has 1 aliphatic rings. The normalized spacial score (nSPS) is 13.2. The Hall–Kier alpha value is -3.59. The summed E-state index contributed by atoms with van der Waals surface area (Å²) in [4.78, 5) is 24.3. The van der Waals surface area contributed by atoms with Gasteiger partial charge in [-0.2, -0.15) is 5.26 Å². The number of ketones is 1. The average molecular weight is 348 g/mol. The van der Waals surface area contributed by atoms with Gasteiger partial charge in [-0.25, -0.2) is 0 Å². The predicted molar refractivity (Wildman–Crippen MR) is 94.0 cm³/mol. The molecule has 1 amide bonds. The van der Waals surface area contributed by atoms with Gasteiger partial charge in [-0.3, -0.25) is 9.59 Å². The highest BCUT2D eigenvalue weighted by molar-refractivity contribution is 6.10. The number of nitriles is 1. The van der Waals surface area contributed by atoms with E-state index in [1.807, 2.05) is 30.3 Å². The Morgan fingerprint density at radius 3 is 2.69 bits per heavy atom. The van der Waals surface area contributed by atoms with Crippen molar-refractivity contribution in [3.63, 3.8) is 0 Å². The maximum Gasteiger partial charge on any atom is 0.245 e. The van der Waals surface area contributed by atoms with Crippen molar-refractivity contribution in [1.29, 1.82) is 5.26 Å². The second-order valence-electron chi connectivity index (χ2n) is 5.61. The Kier molecular flexibility index (Phi) is 5.30. The first-order valence-electron chi connectivity index (χ1n) is 8.00. The number of hydrogen-bond donors (Lipinski definition) is 1. The van der Waals surface area contributed by atoms with Crippen LogP contribution < -0.4 is 14.8 Å². The lowest BCUT2D eigenvalue weighted by Gasteiger charge is -2.08. The number of fused-ring (bicyclic) bond motifs is 1. The molecule has 130 valence electrons. The molecule has 2 aromatic carbocycles. The molecule has 6 nitrogen and oxygen atoms in total. The van der Waals surface area contributed by atoms with Gasteiger partial charge in [0.15, 0.2) is 23.2 Å². The van der Waals surface area contributed by atoms with E-state index in [0.717, 1.165) is 5.56 Å². The molecule has 0 aromatic heterocycles. The van der Waals surface area contributed by atoms with E-state index in [0.29, 0.717) is 17.1 Å². The summed E-state index contributed by atoms with van der Waals surface area (Å²) in [6, 6.07) is 16.2. The average Bonchev–Trinajstić information content (AvgIpc) is 3.14. The third-order valence-electron chi connectivity index (χ3n) is 3.82. The van der Waals surface area contributed by atoms with Crippen molar-refractivity contribution in [3.05, 3.63) is 65.7 Å².